The lowest BCUT2D eigenvalue weighted by Crippen LogP contribution is -2.42. The Kier molecular flexibility index (Phi) is 9.43. The second-order valence-corrected chi connectivity index (χ2v) is 12.1. The number of carbonyl (C=O) groups excluding carboxylic acids is 1. The number of nitrogens with one attached hydrogen (secondary N) is 2. The maximum absolute atomic E-state index is 12.7. The zero-order valence-electron chi connectivity index (χ0n) is 23.7. The highest BCUT2D eigenvalue weighted by Crippen LogP contribution is 2.34. The van der Waals surface area contributed by atoms with Crippen LogP contribution in [0.3, 0.4) is 0 Å². The van der Waals surface area contributed by atoms with Crippen molar-refractivity contribution in [3.8, 4) is 28.5 Å². The summed E-state index contributed by atoms with van der Waals surface area (Å²) in [4.78, 5) is 12.9. The number of nitrogens with zero attached hydrogens (tertiary/aromatic N) is 5. The van der Waals surface area contributed by atoms with E-state index in [9.17, 15) is 31.6 Å². The van der Waals surface area contributed by atoms with Crippen LogP contribution in [0.5, 0.6) is 0 Å². The lowest BCUT2D eigenvalue weighted by Gasteiger charge is -2.17. The second kappa shape index (κ2) is 12.3. The van der Waals surface area contributed by atoms with Crippen LogP contribution in [-0.4, -0.2) is 54.4 Å². The van der Waals surface area contributed by atoms with E-state index in [2.05, 4.69) is 30.9 Å². The molecule has 0 aliphatic carbocycles. The van der Waals surface area contributed by atoms with Crippen molar-refractivity contribution in [3.05, 3.63) is 54.2 Å². The van der Waals surface area contributed by atoms with Gasteiger partial charge in [-0.05, 0) is 63.1 Å². The highest BCUT2D eigenvalue weighted by atomic mass is 32.2. The van der Waals surface area contributed by atoms with E-state index in [0.717, 1.165) is 6.26 Å². The van der Waals surface area contributed by atoms with E-state index in [1.165, 1.54) is 36.7 Å². The van der Waals surface area contributed by atoms with Crippen molar-refractivity contribution in [2.75, 3.05) is 11.7 Å². The van der Waals surface area contributed by atoms with Gasteiger partial charge in [0.2, 0.25) is 0 Å². The van der Waals surface area contributed by atoms with E-state index in [1.54, 1.807) is 51.2 Å². The molecule has 0 spiro atoms. The van der Waals surface area contributed by atoms with Gasteiger partial charge in [0, 0.05) is 18.9 Å². The maximum atomic E-state index is 12.7. The molecule has 0 saturated carbocycles. The topological polar surface area (TPSA) is 151 Å². The number of alkyl halides is 3. The number of nitriles is 1. The standard InChI is InChI=1S/C27H30F3N7O4S/c1-16(17(2)41-27(28,29)30)33-36-34-22-13-19(18-8-7-9-20(12-18)42(6,39)40)10-11-21(22)24-14-23(35-37(24)5)25(38)32-26(3,4)15-31/h7-14,16-17H,1-6H3,(H,32,38)(H,33,34). The van der Waals surface area contributed by atoms with Gasteiger partial charge in [-0.15, -0.1) is 13.2 Å². The molecule has 0 saturated heterocycles. The fourth-order valence-corrected chi connectivity index (χ4v) is 4.40. The van der Waals surface area contributed by atoms with Crippen LogP contribution >= 0.6 is 0 Å². The van der Waals surface area contributed by atoms with Gasteiger partial charge in [0.05, 0.1) is 34.5 Å². The first-order valence-corrected chi connectivity index (χ1v) is 14.4. The number of anilines is 1. The molecule has 15 heteroatoms. The SMILES string of the molecule is CC(/N=N\Nc1cc(-c2cccc(S(C)(=O)=O)c2)ccc1-c1cc(C(=O)NC(C)(C)C#N)nn1C)C(C)OC(F)(F)F. The summed E-state index contributed by atoms with van der Waals surface area (Å²) in [6.07, 6.45) is -5.04. The van der Waals surface area contributed by atoms with Gasteiger partial charge >= 0.3 is 6.36 Å². The van der Waals surface area contributed by atoms with E-state index in [4.69, 9.17) is 0 Å². The van der Waals surface area contributed by atoms with Crippen molar-refractivity contribution in [1.29, 1.82) is 5.26 Å². The first-order valence-electron chi connectivity index (χ1n) is 12.5. The van der Waals surface area contributed by atoms with Crippen LogP contribution < -0.4 is 10.7 Å². The quantitative estimate of drug-likeness (QED) is 0.236. The van der Waals surface area contributed by atoms with E-state index < -0.39 is 39.8 Å². The van der Waals surface area contributed by atoms with Gasteiger partial charge in [0.1, 0.15) is 5.54 Å². The molecule has 42 heavy (non-hydrogen) atoms. The zero-order valence-corrected chi connectivity index (χ0v) is 24.5. The van der Waals surface area contributed by atoms with Crippen molar-refractivity contribution in [2.45, 2.75) is 56.6 Å². The molecule has 1 heterocycles. The van der Waals surface area contributed by atoms with E-state index >= 15 is 0 Å². The van der Waals surface area contributed by atoms with Crippen molar-refractivity contribution >= 4 is 21.4 Å². The highest BCUT2D eigenvalue weighted by Gasteiger charge is 2.34. The molecule has 0 bridgehead atoms. The summed E-state index contributed by atoms with van der Waals surface area (Å²) in [5, 5.41) is 23.9. The summed E-state index contributed by atoms with van der Waals surface area (Å²) in [7, 11) is -1.87. The van der Waals surface area contributed by atoms with Gasteiger partial charge in [-0.3, -0.25) is 19.6 Å². The lowest BCUT2D eigenvalue weighted by molar-refractivity contribution is -0.341. The number of hydrogen-bond donors (Lipinski definition) is 2. The van der Waals surface area contributed by atoms with E-state index in [-0.39, 0.29) is 10.6 Å². The van der Waals surface area contributed by atoms with Crippen molar-refractivity contribution < 1.29 is 31.1 Å². The van der Waals surface area contributed by atoms with Crippen LogP contribution in [0.1, 0.15) is 38.2 Å². The fraction of sp³-hybridized carbons (Fsp3) is 0.370. The van der Waals surface area contributed by atoms with Gasteiger partial charge in [0.25, 0.3) is 5.91 Å². The van der Waals surface area contributed by atoms with Crippen molar-refractivity contribution in [2.24, 2.45) is 17.4 Å². The molecule has 0 aliphatic heterocycles. The predicted octanol–water partition coefficient (Wildman–Crippen LogP) is 5.28. The van der Waals surface area contributed by atoms with Crippen LogP contribution in [0.4, 0.5) is 18.9 Å². The molecule has 2 N–H and O–H groups in total. The Balaban J connectivity index is 2.04. The van der Waals surface area contributed by atoms with Crippen LogP contribution in [0, 0.1) is 11.3 Å². The molecule has 3 rings (SSSR count). The number of rotatable bonds is 10. The molecule has 3 aromatic rings. The molecule has 2 unspecified atom stereocenters. The third-order valence-electron chi connectivity index (χ3n) is 6.12. The average molecular weight is 606 g/mol. The number of aromatic nitrogens is 2. The van der Waals surface area contributed by atoms with Gasteiger partial charge in [-0.2, -0.15) is 15.5 Å². The van der Waals surface area contributed by atoms with Gasteiger partial charge < -0.3 is 5.32 Å². The molecule has 2 aromatic carbocycles. The zero-order chi connectivity index (χ0) is 31.5. The number of benzene rings is 2. The van der Waals surface area contributed by atoms with Gasteiger partial charge in [-0.1, -0.05) is 29.5 Å². The molecule has 1 amide bonds. The second-order valence-electron chi connectivity index (χ2n) is 10.1. The van der Waals surface area contributed by atoms with Crippen molar-refractivity contribution in [1.82, 2.24) is 15.1 Å². The van der Waals surface area contributed by atoms with Crippen LogP contribution in [0.15, 0.2) is 63.8 Å². The highest BCUT2D eigenvalue weighted by molar-refractivity contribution is 7.90. The minimum atomic E-state index is -4.83. The first kappa shape index (κ1) is 32.2. The summed E-state index contributed by atoms with van der Waals surface area (Å²) in [6, 6.07) is 13.9. The molecular formula is C27H30F3N7O4S. The Morgan fingerprint density at radius 2 is 1.79 bits per heavy atom. The number of aryl methyl sites for hydroxylation is 1. The Labute approximate surface area is 241 Å². The Bertz CT molecular complexity index is 1640. The number of ether oxygens (including phenoxy) is 1. The largest absolute Gasteiger partial charge is 0.522 e. The maximum Gasteiger partial charge on any atom is 0.522 e. The third kappa shape index (κ3) is 8.37. The van der Waals surface area contributed by atoms with Crippen LogP contribution in [-0.2, 0) is 21.6 Å². The smallest absolute Gasteiger partial charge is 0.333 e. The molecule has 11 nitrogen and oxygen atoms in total. The van der Waals surface area contributed by atoms with Gasteiger partial charge in [0.15, 0.2) is 15.5 Å². The molecular weight excluding hydrogens is 575 g/mol. The summed E-state index contributed by atoms with van der Waals surface area (Å²) in [5.74, 6) is -0.570. The summed E-state index contributed by atoms with van der Waals surface area (Å²) >= 11 is 0. The summed E-state index contributed by atoms with van der Waals surface area (Å²) in [6.45, 7) is 5.71. The molecule has 224 valence electrons. The summed E-state index contributed by atoms with van der Waals surface area (Å²) < 4.78 is 67.4. The Morgan fingerprint density at radius 3 is 2.40 bits per heavy atom. The number of hydrogen-bond acceptors (Lipinski definition) is 8. The number of halogens is 3. The molecule has 2 atom stereocenters. The molecule has 0 fully saturated rings. The lowest BCUT2D eigenvalue weighted by atomic mass is 10.0. The first-order chi connectivity index (χ1) is 19.4. The van der Waals surface area contributed by atoms with E-state index in [0.29, 0.717) is 28.1 Å². The summed E-state index contributed by atoms with van der Waals surface area (Å²) in [5.41, 5.74) is 4.13. The molecule has 1 aromatic heterocycles. The number of carbonyl (C=O) groups is 1. The van der Waals surface area contributed by atoms with E-state index in [1.807, 2.05) is 6.07 Å². The number of amides is 1. The van der Waals surface area contributed by atoms with Crippen LogP contribution in [0.25, 0.3) is 22.4 Å². The average Bonchev–Trinajstić information content (AvgIpc) is 3.28. The normalized spacial score (nSPS) is 13.9. The third-order valence-corrected chi connectivity index (χ3v) is 7.23. The van der Waals surface area contributed by atoms with Crippen LogP contribution in [0.2, 0.25) is 0 Å². The minimum absolute atomic E-state index is 0.0417. The monoisotopic (exact) mass is 605 g/mol. The number of sulfone groups is 1. The Morgan fingerprint density at radius 1 is 1.12 bits per heavy atom. The molecule has 0 radical (unpaired) electrons. The molecule has 0 aliphatic rings. The fourth-order valence-electron chi connectivity index (χ4n) is 3.73. The predicted molar refractivity (Wildman–Crippen MR) is 149 cm³/mol. The van der Waals surface area contributed by atoms with Crippen molar-refractivity contribution in [3.63, 3.8) is 0 Å². The van der Waals surface area contributed by atoms with Gasteiger partial charge in [-0.25, -0.2) is 8.42 Å². The minimum Gasteiger partial charge on any atom is -0.333 e. The Hall–Kier alpha value is -4.29.